The number of anilines is 1. The molecule has 0 aliphatic rings. The zero-order valence-electron chi connectivity index (χ0n) is 14.4. The molecule has 0 saturated heterocycles. The normalized spacial score (nSPS) is 11.5. The Morgan fingerprint density at radius 2 is 1.81 bits per heavy atom. The summed E-state index contributed by atoms with van der Waals surface area (Å²) in [5, 5.41) is 5.59. The van der Waals surface area contributed by atoms with Crippen LogP contribution in [0.3, 0.4) is 0 Å². The molecule has 0 saturated carbocycles. The Kier molecular flexibility index (Phi) is 8.50. The predicted octanol–water partition coefficient (Wildman–Crippen LogP) is 3.70. The average molecular weight is 437 g/mol. The molecule has 0 aliphatic carbocycles. The Bertz CT molecular complexity index is 710. The van der Waals surface area contributed by atoms with E-state index < -0.39 is 6.04 Å². The maximum absolute atomic E-state index is 12.5. The summed E-state index contributed by atoms with van der Waals surface area (Å²) in [5.74, 6) is 0.807. The largest absolute Gasteiger partial charge is 0.484 e. The molecule has 7 heteroatoms. The molecule has 2 rings (SSSR count). The maximum Gasteiger partial charge on any atom is 0.258 e. The summed E-state index contributed by atoms with van der Waals surface area (Å²) in [6.07, 6.45) is 2.50. The van der Waals surface area contributed by atoms with Crippen LogP contribution in [0.5, 0.6) is 5.75 Å². The monoisotopic (exact) mass is 436 g/mol. The first-order valence-electron chi connectivity index (χ1n) is 8.11. The van der Waals surface area contributed by atoms with Gasteiger partial charge in [0.25, 0.3) is 5.91 Å². The molecular formula is C19H21BrN2O3S. The number of benzene rings is 2. The molecule has 2 aromatic carbocycles. The molecule has 0 aromatic heterocycles. The molecule has 138 valence electrons. The lowest BCUT2D eigenvalue weighted by atomic mass is 10.2. The van der Waals surface area contributed by atoms with E-state index in [9.17, 15) is 9.59 Å². The second-order valence-electron chi connectivity index (χ2n) is 5.50. The van der Waals surface area contributed by atoms with Crippen molar-refractivity contribution in [2.75, 3.05) is 23.9 Å². The van der Waals surface area contributed by atoms with Crippen molar-refractivity contribution in [3.05, 3.63) is 59.1 Å². The summed E-state index contributed by atoms with van der Waals surface area (Å²) in [6.45, 7) is -0.134. The Morgan fingerprint density at radius 1 is 1.12 bits per heavy atom. The van der Waals surface area contributed by atoms with Crippen molar-refractivity contribution >= 4 is 45.2 Å². The summed E-state index contributed by atoms with van der Waals surface area (Å²) in [4.78, 5) is 24.7. The zero-order chi connectivity index (χ0) is 18.8. The van der Waals surface area contributed by atoms with Crippen molar-refractivity contribution < 1.29 is 14.3 Å². The van der Waals surface area contributed by atoms with Gasteiger partial charge in [-0.15, -0.1) is 0 Å². The Balaban J connectivity index is 1.91. The van der Waals surface area contributed by atoms with Crippen LogP contribution < -0.4 is 15.4 Å². The lowest BCUT2D eigenvalue weighted by Crippen LogP contribution is -2.45. The number of thioether (sulfide) groups is 1. The summed E-state index contributed by atoms with van der Waals surface area (Å²) >= 11 is 4.98. The quantitative estimate of drug-likeness (QED) is 0.628. The van der Waals surface area contributed by atoms with Gasteiger partial charge >= 0.3 is 0 Å². The molecule has 2 N–H and O–H groups in total. The van der Waals surface area contributed by atoms with Crippen molar-refractivity contribution in [1.29, 1.82) is 0 Å². The standard InChI is InChI=1S/C19H21BrN2O3S/c1-26-12-11-17(19(24)21-15-9-7-14(20)8-10-15)22-18(23)13-25-16-5-3-2-4-6-16/h2-10,17H,11-13H2,1H3,(H,21,24)(H,22,23). The lowest BCUT2D eigenvalue weighted by molar-refractivity contribution is -0.127. The molecule has 2 amide bonds. The van der Waals surface area contributed by atoms with E-state index >= 15 is 0 Å². The molecule has 5 nitrogen and oxygen atoms in total. The zero-order valence-corrected chi connectivity index (χ0v) is 16.8. The fraction of sp³-hybridized carbons (Fsp3) is 0.263. The predicted molar refractivity (Wildman–Crippen MR) is 110 cm³/mol. The topological polar surface area (TPSA) is 67.4 Å². The van der Waals surface area contributed by atoms with Crippen LogP contribution >= 0.6 is 27.7 Å². The van der Waals surface area contributed by atoms with Crippen LogP contribution in [0.4, 0.5) is 5.69 Å². The van der Waals surface area contributed by atoms with Crippen LogP contribution in [0, 0.1) is 0 Å². The highest BCUT2D eigenvalue weighted by Gasteiger charge is 2.20. The first kappa shape index (κ1) is 20.3. The number of hydrogen-bond donors (Lipinski definition) is 2. The number of carbonyl (C=O) groups is 2. The summed E-state index contributed by atoms with van der Waals surface area (Å²) in [5.41, 5.74) is 0.683. The van der Waals surface area contributed by atoms with Gasteiger partial charge in [0.15, 0.2) is 6.61 Å². The minimum absolute atomic E-state index is 0.134. The lowest BCUT2D eigenvalue weighted by Gasteiger charge is -2.18. The second kappa shape index (κ2) is 10.9. The van der Waals surface area contributed by atoms with Crippen molar-refractivity contribution in [2.24, 2.45) is 0 Å². The Hall–Kier alpha value is -1.99. The first-order valence-corrected chi connectivity index (χ1v) is 10.3. The van der Waals surface area contributed by atoms with Gasteiger partial charge in [-0.3, -0.25) is 9.59 Å². The minimum atomic E-state index is -0.613. The van der Waals surface area contributed by atoms with Gasteiger partial charge in [-0.05, 0) is 54.8 Å². The number of ether oxygens (including phenoxy) is 1. The molecule has 26 heavy (non-hydrogen) atoms. The van der Waals surface area contributed by atoms with Crippen LogP contribution in [0.1, 0.15) is 6.42 Å². The van der Waals surface area contributed by atoms with Gasteiger partial charge in [0, 0.05) is 10.2 Å². The van der Waals surface area contributed by atoms with Gasteiger partial charge in [-0.2, -0.15) is 11.8 Å². The SMILES string of the molecule is CSCCC(NC(=O)COc1ccccc1)C(=O)Nc1ccc(Br)cc1. The molecule has 2 aromatic rings. The number of rotatable bonds is 9. The summed E-state index contributed by atoms with van der Waals surface area (Å²) in [6, 6.07) is 15.8. The molecule has 1 atom stereocenters. The molecule has 0 aliphatic heterocycles. The van der Waals surface area contributed by atoms with Crippen LogP contribution in [-0.4, -0.2) is 36.5 Å². The number of carbonyl (C=O) groups excluding carboxylic acids is 2. The molecule has 0 spiro atoms. The third kappa shape index (κ3) is 7.09. The van der Waals surface area contributed by atoms with Gasteiger partial charge in [-0.25, -0.2) is 0 Å². The Morgan fingerprint density at radius 3 is 2.46 bits per heavy atom. The van der Waals surface area contributed by atoms with Crippen LogP contribution in [-0.2, 0) is 9.59 Å². The molecular weight excluding hydrogens is 416 g/mol. The highest BCUT2D eigenvalue weighted by molar-refractivity contribution is 9.10. The molecule has 0 heterocycles. The van der Waals surface area contributed by atoms with Crippen LogP contribution in [0.15, 0.2) is 59.1 Å². The van der Waals surface area contributed by atoms with Gasteiger partial charge in [0.05, 0.1) is 0 Å². The smallest absolute Gasteiger partial charge is 0.258 e. The van der Waals surface area contributed by atoms with E-state index in [1.165, 1.54) is 0 Å². The number of para-hydroxylation sites is 1. The van der Waals surface area contributed by atoms with Gasteiger partial charge in [0.1, 0.15) is 11.8 Å². The van der Waals surface area contributed by atoms with Crippen molar-refractivity contribution in [1.82, 2.24) is 5.32 Å². The van der Waals surface area contributed by atoms with E-state index in [-0.39, 0.29) is 18.4 Å². The highest BCUT2D eigenvalue weighted by Crippen LogP contribution is 2.15. The van der Waals surface area contributed by atoms with Crippen molar-refractivity contribution in [3.63, 3.8) is 0 Å². The van der Waals surface area contributed by atoms with Gasteiger partial charge in [-0.1, -0.05) is 34.1 Å². The third-order valence-electron chi connectivity index (χ3n) is 3.49. The van der Waals surface area contributed by atoms with Crippen molar-refractivity contribution in [3.8, 4) is 5.75 Å². The van der Waals surface area contributed by atoms with Crippen molar-refractivity contribution in [2.45, 2.75) is 12.5 Å². The molecule has 1 unspecified atom stereocenters. The molecule has 0 radical (unpaired) electrons. The van der Waals surface area contributed by atoms with Gasteiger partial charge in [0.2, 0.25) is 5.91 Å². The Labute approximate surface area is 166 Å². The van der Waals surface area contributed by atoms with E-state index in [0.717, 1.165) is 10.2 Å². The third-order valence-corrected chi connectivity index (χ3v) is 4.66. The van der Waals surface area contributed by atoms with E-state index in [2.05, 4.69) is 26.6 Å². The summed E-state index contributed by atoms with van der Waals surface area (Å²) in [7, 11) is 0. The fourth-order valence-corrected chi connectivity index (χ4v) is 2.90. The first-order chi connectivity index (χ1) is 12.6. The number of amides is 2. The van der Waals surface area contributed by atoms with E-state index in [1.807, 2.05) is 36.6 Å². The van der Waals surface area contributed by atoms with Gasteiger partial charge < -0.3 is 15.4 Å². The van der Waals surface area contributed by atoms with Crippen LogP contribution in [0.25, 0.3) is 0 Å². The molecule has 0 fully saturated rings. The summed E-state index contributed by atoms with van der Waals surface area (Å²) < 4.78 is 6.36. The van der Waals surface area contributed by atoms with E-state index in [0.29, 0.717) is 17.9 Å². The fourth-order valence-electron chi connectivity index (χ4n) is 2.17. The van der Waals surface area contributed by atoms with E-state index in [4.69, 9.17) is 4.74 Å². The highest BCUT2D eigenvalue weighted by atomic mass is 79.9. The molecule has 0 bridgehead atoms. The van der Waals surface area contributed by atoms with E-state index in [1.54, 1.807) is 36.0 Å². The number of hydrogen-bond acceptors (Lipinski definition) is 4. The minimum Gasteiger partial charge on any atom is -0.484 e. The maximum atomic E-state index is 12.5. The number of halogens is 1. The second-order valence-corrected chi connectivity index (χ2v) is 7.40. The van der Waals surface area contributed by atoms with Crippen LogP contribution in [0.2, 0.25) is 0 Å². The number of nitrogens with one attached hydrogen (secondary N) is 2. The average Bonchev–Trinajstić information content (AvgIpc) is 2.66.